The van der Waals surface area contributed by atoms with Gasteiger partial charge in [-0.05, 0) is 62.5 Å². The number of piperidine rings is 1. The third-order valence-corrected chi connectivity index (χ3v) is 8.02. The van der Waals surface area contributed by atoms with Gasteiger partial charge in [0.05, 0.1) is 18.6 Å². The largest absolute Gasteiger partial charge is 0.383 e. The molecular formula is C30H38N4O3. The van der Waals surface area contributed by atoms with Crippen molar-refractivity contribution in [2.24, 2.45) is 5.92 Å². The first-order chi connectivity index (χ1) is 18.1. The molecule has 0 aliphatic carbocycles. The fraction of sp³-hybridized carbons (Fsp3) is 0.467. The molecular weight excluding hydrogens is 464 g/mol. The highest BCUT2D eigenvalue weighted by molar-refractivity contribution is 6.02. The summed E-state index contributed by atoms with van der Waals surface area (Å²) in [5, 5.41) is 4.26. The average molecular weight is 503 g/mol. The Labute approximate surface area is 219 Å². The number of aromatic nitrogens is 1. The summed E-state index contributed by atoms with van der Waals surface area (Å²) >= 11 is 0. The van der Waals surface area contributed by atoms with Crippen LogP contribution in [0.5, 0.6) is 0 Å². The molecule has 1 saturated heterocycles. The van der Waals surface area contributed by atoms with Crippen LogP contribution in [0.4, 0.5) is 0 Å². The maximum atomic E-state index is 13.9. The molecule has 2 aliphatic heterocycles. The molecule has 2 amide bonds. The van der Waals surface area contributed by atoms with Gasteiger partial charge in [-0.3, -0.25) is 9.59 Å². The van der Waals surface area contributed by atoms with Crippen molar-refractivity contribution in [2.75, 3.05) is 46.4 Å². The van der Waals surface area contributed by atoms with Crippen molar-refractivity contribution in [3.63, 3.8) is 0 Å². The van der Waals surface area contributed by atoms with E-state index in [1.165, 1.54) is 12.8 Å². The van der Waals surface area contributed by atoms with Crippen LogP contribution in [0.15, 0.2) is 54.7 Å². The van der Waals surface area contributed by atoms with Crippen molar-refractivity contribution in [2.45, 2.75) is 38.1 Å². The maximum Gasteiger partial charge on any atom is 0.254 e. The number of aromatic amines is 1. The van der Waals surface area contributed by atoms with Gasteiger partial charge in [0.15, 0.2) is 0 Å². The SMILES string of the molecule is COCCN1C(=O)c2ccccc2C(C(=O)NCCCN2CCC(C)CC2)C1c1c[nH]c2ccccc12. The van der Waals surface area contributed by atoms with Crippen molar-refractivity contribution in [1.29, 1.82) is 0 Å². The van der Waals surface area contributed by atoms with Crippen LogP contribution in [-0.2, 0) is 9.53 Å². The Hall–Kier alpha value is -3.16. The summed E-state index contributed by atoms with van der Waals surface area (Å²) in [7, 11) is 1.64. The summed E-state index contributed by atoms with van der Waals surface area (Å²) in [6, 6.07) is 15.2. The van der Waals surface area contributed by atoms with E-state index in [0.717, 1.165) is 54.0 Å². The molecule has 0 radical (unpaired) electrons. The van der Waals surface area contributed by atoms with E-state index in [4.69, 9.17) is 4.74 Å². The number of benzene rings is 2. The van der Waals surface area contributed by atoms with Crippen LogP contribution in [0, 0.1) is 5.92 Å². The Bertz CT molecular complexity index is 1230. The summed E-state index contributed by atoms with van der Waals surface area (Å²) in [5.74, 6) is 0.199. The average Bonchev–Trinajstić information content (AvgIpc) is 3.35. The third kappa shape index (κ3) is 5.29. The number of hydrogen-bond donors (Lipinski definition) is 2. The molecule has 2 atom stereocenters. The minimum atomic E-state index is -0.513. The second-order valence-electron chi connectivity index (χ2n) is 10.5. The fourth-order valence-corrected chi connectivity index (χ4v) is 5.90. The summed E-state index contributed by atoms with van der Waals surface area (Å²) in [4.78, 5) is 35.3. The molecule has 2 aliphatic rings. The second kappa shape index (κ2) is 11.5. The molecule has 0 bridgehead atoms. The van der Waals surface area contributed by atoms with Crippen molar-refractivity contribution in [3.8, 4) is 0 Å². The number of rotatable bonds is 9. The molecule has 2 unspecified atom stereocenters. The first-order valence-corrected chi connectivity index (χ1v) is 13.5. The molecule has 3 aromatic rings. The van der Waals surface area contributed by atoms with E-state index in [0.29, 0.717) is 25.3 Å². The van der Waals surface area contributed by atoms with E-state index >= 15 is 0 Å². The number of ether oxygens (including phenoxy) is 1. The van der Waals surface area contributed by atoms with E-state index in [1.807, 2.05) is 53.6 Å². The van der Waals surface area contributed by atoms with Gasteiger partial charge in [-0.15, -0.1) is 0 Å². The third-order valence-electron chi connectivity index (χ3n) is 8.02. The fourth-order valence-electron chi connectivity index (χ4n) is 5.90. The quantitative estimate of drug-likeness (QED) is 0.427. The Morgan fingerprint density at radius 2 is 1.81 bits per heavy atom. The maximum absolute atomic E-state index is 13.9. The summed E-state index contributed by atoms with van der Waals surface area (Å²) in [6.07, 6.45) is 5.37. The number of H-pyrrole nitrogens is 1. The molecule has 37 heavy (non-hydrogen) atoms. The molecule has 2 aromatic carbocycles. The van der Waals surface area contributed by atoms with Gasteiger partial charge in [-0.2, -0.15) is 0 Å². The standard InChI is InChI=1S/C30H38N4O3/c1-21-12-16-33(17-13-21)15-7-14-31-29(35)27-23-9-3-4-10-24(23)30(36)34(18-19-37-2)28(27)25-20-32-26-11-6-5-8-22(25)26/h3-6,8-11,20-21,27-28,32H,7,12-19H2,1-2H3,(H,31,35). The Balaban J connectivity index is 1.43. The molecule has 1 aromatic heterocycles. The number of carbonyl (C=O) groups excluding carboxylic acids is 2. The zero-order valence-electron chi connectivity index (χ0n) is 21.9. The molecule has 2 N–H and O–H groups in total. The van der Waals surface area contributed by atoms with Crippen molar-refractivity contribution in [1.82, 2.24) is 20.1 Å². The van der Waals surface area contributed by atoms with Crippen LogP contribution in [0.1, 0.15) is 59.6 Å². The van der Waals surface area contributed by atoms with Crippen molar-refractivity contribution >= 4 is 22.7 Å². The number of fused-ring (bicyclic) bond motifs is 2. The molecule has 5 rings (SSSR count). The molecule has 7 nitrogen and oxygen atoms in total. The molecule has 1 fully saturated rings. The molecule has 3 heterocycles. The van der Waals surface area contributed by atoms with Gasteiger partial charge < -0.3 is 24.8 Å². The lowest BCUT2D eigenvalue weighted by atomic mass is 9.79. The van der Waals surface area contributed by atoms with Gasteiger partial charge in [-0.1, -0.05) is 43.3 Å². The van der Waals surface area contributed by atoms with Gasteiger partial charge in [-0.25, -0.2) is 0 Å². The predicted molar refractivity (Wildman–Crippen MR) is 146 cm³/mol. The number of nitrogens with one attached hydrogen (secondary N) is 2. The van der Waals surface area contributed by atoms with E-state index in [2.05, 4.69) is 28.2 Å². The van der Waals surface area contributed by atoms with E-state index in [1.54, 1.807) is 7.11 Å². The van der Waals surface area contributed by atoms with Crippen LogP contribution in [0.3, 0.4) is 0 Å². The minimum Gasteiger partial charge on any atom is -0.383 e. The zero-order valence-corrected chi connectivity index (χ0v) is 21.9. The summed E-state index contributed by atoms with van der Waals surface area (Å²) < 4.78 is 5.37. The van der Waals surface area contributed by atoms with Crippen LogP contribution >= 0.6 is 0 Å². The van der Waals surface area contributed by atoms with Gasteiger partial charge >= 0.3 is 0 Å². The highest BCUT2D eigenvalue weighted by Crippen LogP contribution is 2.44. The number of likely N-dealkylation sites (tertiary alicyclic amines) is 1. The molecule has 7 heteroatoms. The normalized spacial score (nSPS) is 20.8. The topological polar surface area (TPSA) is 77.7 Å². The molecule has 0 saturated carbocycles. The first kappa shape index (κ1) is 25.5. The molecule has 0 spiro atoms. The number of para-hydroxylation sites is 1. The predicted octanol–water partition coefficient (Wildman–Crippen LogP) is 4.33. The summed E-state index contributed by atoms with van der Waals surface area (Å²) in [5.41, 5.74) is 3.33. The van der Waals surface area contributed by atoms with Crippen LogP contribution in [0.25, 0.3) is 10.9 Å². The lowest BCUT2D eigenvalue weighted by Crippen LogP contribution is -2.48. The number of methoxy groups -OCH3 is 1. The molecule has 196 valence electrons. The number of nitrogens with zero attached hydrogens (tertiary/aromatic N) is 2. The first-order valence-electron chi connectivity index (χ1n) is 13.5. The van der Waals surface area contributed by atoms with Gasteiger partial charge in [0.2, 0.25) is 5.91 Å². The number of amides is 2. The van der Waals surface area contributed by atoms with E-state index in [-0.39, 0.29) is 11.8 Å². The van der Waals surface area contributed by atoms with E-state index in [9.17, 15) is 9.59 Å². The van der Waals surface area contributed by atoms with E-state index < -0.39 is 12.0 Å². The van der Waals surface area contributed by atoms with Gasteiger partial charge in [0, 0.05) is 48.4 Å². The lowest BCUT2D eigenvalue weighted by molar-refractivity contribution is -0.124. The zero-order chi connectivity index (χ0) is 25.8. The Morgan fingerprint density at radius 1 is 1.05 bits per heavy atom. The van der Waals surface area contributed by atoms with Crippen LogP contribution in [-0.4, -0.2) is 73.0 Å². The number of hydrogen-bond acceptors (Lipinski definition) is 4. The highest BCUT2D eigenvalue weighted by Gasteiger charge is 2.44. The Morgan fingerprint density at radius 3 is 2.62 bits per heavy atom. The van der Waals surface area contributed by atoms with Crippen molar-refractivity contribution in [3.05, 3.63) is 71.4 Å². The smallest absolute Gasteiger partial charge is 0.254 e. The van der Waals surface area contributed by atoms with Crippen LogP contribution < -0.4 is 5.32 Å². The second-order valence-corrected chi connectivity index (χ2v) is 10.5. The minimum absolute atomic E-state index is 0.0371. The Kier molecular flexibility index (Phi) is 7.91. The highest BCUT2D eigenvalue weighted by atomic mass is 16.5. The summed E-state index contributed by atoms with van der Waals surface area (Å²) in [6.45, 7) is 7.04. The van der Waals surface area contributed by atoms with Crippen LogP contribution in [0.2, 0.25) is 0 Å². The van der Waals surface area contributed by atoms with Gasteiger partial charge in [0.25, 0.3) is 5.91 Å². The van der Waals surface area contributed by atoms with Gasteiger partial charge in [0.1, 0.15) is 0 Å². The van der Waals surface area contributed by atoms with Crippen molar-refractivity contribution < 1.29 is 14.3 Å². The number of carbonyl (C=O) groups is 2. The monoisotopic (exact) mass is 502 g/mol. The lowest BCUT2D eigenvalue weighted by Gasteiger charge is -2.41.